The second-order valence-corrected chi connectivity index (χ2v) is 7.13. The third-order valence-electron chi connectivity index (χ3n) is 3.49. The number of hydrogen-bond acceptors (Lipinski definition) is 2. The van der Waals surface area contributed by atoms with Crippen molar-refractivity contribution in [3.05, 3.63) is 33.8 Å². The van der Waals surface area contributed by atoms with E-state index >= 15 is 0 Å². The summed E-state index contributed by atoms with van der Waals surface area (Å²) >= 11 is 13.5. The molecule has 0 radical (unpaired) electrons. The number of likely N-dealkylation sites (tertiary alicyclic amines) is 1. The number of nitrogens with zero attached hydrogens (tertiary/aromatic N) is 1. The lowest BCUT2D eigenvalue weighted by Gasteiger charge is -2.30. The highest BCUT2D eigenvalue weighted by molar-refractivity contribution is 7.99. The number of carbonyl (C=O) groups is 1. The van der Waals surface area contributed by atoms with E-state index in [2.05, 4.69) is 6.92 Å². The van der Waals surface area contributed by atoms with Crippen LogP contribution in [0, 0.1) is 5.92 Å². The van der Waals surface area contributed by atoms with Crippen LogP contribution in [0.5, 0.6) is 0 Å². The van der Waals surface area contributed by atoms with Crippen LogP contribution in [0.4, 0.5) is 0 Å². The zero-order valence-electron chi connectivity index (χ0n) is 11.6. The molecule has 1 heterocycles. The zero-order valence-corrected chi connectivity index (χ0v) is 13.9. The Labute approximate surface area is 134 Å². The van der Waals surface area contributed by atoms with Crippen molar-refractivity contribution in [2.75, 3.05) is 18.8 Å². The van der Waals surface area contributed by atoms with Gasteiger partial charge in [-0.1, -0.05) is 36.2 Å². The fraction of sp³-hybridized carbons (Fsp3) is 0.533. The smallest absolute Gasteiger partial charge is 0.232 e. The summed E-state index contributed by atoms with van der Waals surface area (Å²) in [5, 5.41) is 1.14. The van der Waals surface area contributed by atoms with Crippen molar-refractivity contribution >= 4 is 40.9 Å². The lowest BCUT2D eigenvalue weighted by atomic mass is 10.0. The number of piperidine rings is 1. The van der Waals surface area contributed by atoms with Crippen LogP contribution in [0.1, 0.15) is 25.3 Å². The third-order valence-corrected chi connectivity index (χ3v) is 5.22. The van der Waals surface area contributed by atoms with Crippen molar-refractivity contribution in [2.45, 2.75) is 25.5 Å². The minimum atomic E-state index is 0.251. The molecule has 1 atom stereocenters. The molecule has 2 nitrogen and oxygen atoms in total. The third kappa shape index (κ3) is 4.57. The summed E-state index contributed by atoms with van der Waals surface area (Å²) in [5.41, 5.74) is 1.10. The summed E-state index contributed by atoms with van der Waals surface area (Å²) in [7, 11) is 0. The van der Waals surface area contributed by atoms with Crippen molar-refractivity contribution < 1.29 is 4.79 Å². The Morgan fingerprint density at radius 1 is 1.40 bits per heavy atom. The molecular weight excluding hydrogens is 313 g/mol. The van der Waals surface area contributed by atoms with E-state index in [-0.39, 0.29) is 5.91 Å². The van der Waals surface area contributed by atoms with E-state index in [1.54, 1.807) is 17.8 Å². The average Bonchev–Trinajstić information content (AvgIpc) is 2.42. The predicted molar refractivity (Wildman–Crippen MR) is 87.6 cm³/mol. The molecule has 1 amide bonds. The molecule has 0 saturated carbocycles. The molecule has 0 unspecified atom stereocenters. The number of thioether (sulfide) groups is 1. The minimum absolute atomic E-state index is 0.251. The SMILES string of the molecule is C[C@H]1CCCN(C(=O)CSCc2ccc(Cl)c(Cl)c2)C1. The highest BCUT2D eigenvalue weighted by atomic mass is 35.5. The van der Waals surface area contributed by atoms with Crippen molar-refractivity contribution in [1.29, 1.82) is 0 Å². The Morgan fingerprint density at radius 3 is 2.90 bits per heavy atom. The summed E-state index contributed by atoms with van der Waals surface area (Å²) in [5.74, 6) is 2.20. The summed E-state index contributed by atoms with van der Waals surface area (Å²) in [6, 6.07) is 5.62. The van der Waals surface area contributed by atoms with Gasteiger partial charge in [-0.3, -0.25) is 4.79 Å². The van der Waals surface area contributed by atoms with Gasteiger partial charge in [0.2, 0.25) is 5.91 Å². The van der Waals surface area contributed by atoms with E-state index in [0.717, 1.165) is 30.8 Å². The highest BCUT2D eigenvalue weighted by Gasteiger charge is 2.20. The Morgan fingerprint density at radius 2 is 2.20 bits per heavy atom. The number of halogens is 2. The molecule has 20 heavy (non-hydrogen) atoms. The second-order valence-electron chi connectivity index (χ2n) is 5.33. The summed E-state index contributed by atoms with van der Waals surface area (Å²) < 4.78 is 0. The second kappa shape index (κ2) is 7.58. The topological polar surface area (TPSA) is 20.3 Å². The van der Waals surface area contributed by atoms with Gasteiger partial charge in [0.15, 0.2) is 0 Å². The molecule has 0 aliphatic carbocycles. The van der Waals surface area contributed by atoms with E-state index in [1.165, 1.54) is 6.42 Å². The number of benzene rings is 1. The van der Waals surface area contributed by atoms with Crippen LogP contribution in [0.2, 0.25) is 10.0 Å². The molecule has 1 aromatic carbocycles. The first-order chi connectivity index (χ1) is 9.56. The van der Waals surface area contributed by atoms with Gasteiger partial charge >= 0.3 is 0 Å². The maximum atomic E-state index is 12.1. The first-order valence-electron chi connectivity index (χ1n) is 6.85. The van der Waals surface area contributed by atoms with Crippen LogP contribution < -0.4 is 0 Å². The monoisotopic (exact) mass is 331 g/mol. The van der Waals surface area contributed by atoms with E-state index in [1.807, 2.05) is 17.0 Å². The average molecular weight is 332 g/mol. The molecule has 0 aromatic heterocycles. The van der Waals surface area contributed by atoms with Gasteiger partial charge in [0.1, 0.15) is 0 Å². The first kappa shape index (κ1) is 16.0. The van der Waals surface area contributed by atoms with E-state index in [4.69, 9.17) is 23.2 Å². The molecule has 0 bridgehead atoms. The van der Waals surface area contributed by atoms with Gasteiger partial charge in [0.05, 0.1) is 15.8 Å². The van der Waals surface area contributed by atoms with E-state index in [9.17, 15) is 4.79 Å². The van der Waals surface area contributed by atoms with Gasteiger partial charge in [-0.05, 0) is 36.5 Å². The Bertz CT molecular complexity index is 481. The van der Waals surface area contributed by atoms with Crippen molar-refractivity contribution in [1.82, 2.24) is 4.90 Å². The number of rotatable bonds is 4. The highest BCUT2D eigenvalue weighted by Crippen LogP contribution is 2.25. The Kier molecular flexibility index (Phi) is 6.06. The molecule has 1 aromatic rings. The maximum Gasteiger partial charge on any atom is 0.232 e. The largest absolute Gasteiger partial charge is 0.342 e. The molecule has 0 N–H and O–H groups in total. The van der Waals surface area contributed by atoms with Gasteiger partial charge in [-0.15, -0.1) is 11.8 Å². The van der Waals surface area contributed by atoms with Crippen molar-refractivity contribution in [3.8, 4) is 0 Å². The Hall–Kier alpha value is -0.380. The fourth-order valence-electron chi connectivity index (χ4n) is 2.39. The molecule has 5 heteroatoms. The van der Waals surface area contributed by atoms with E-state index < -0.39 is 0 Å². The minimum Gasteiger partial charge on any atom is -0.342 e. The molecule has 110 valence electrons. The maximum absolute atomic E-state index is 12.1. The summed E-state index contributed by atoms with van der Waals surface area (Å²) in [6.07, 6.45) is 2.37. The van der Waals surface area contributed by atoms with Crippen molar-refractivity contribution in [3.63, 3.8) is 0 Å². The number of amides is 1. The predicted octanol–water partition coefficient (Wildman–Crippen LogP) is 4.49. The van der Waals surface area contributed by atoms with Gasteiger partial charge in [-0.2, -0.15) is 0 Å². The molecule has 1 fully saturated rings. The van der Waals surface area contributed by atoms with Crippen LogP contribution in [-0.2, 0) is 10.5 Å². The molecule has 1 saturated heterocycles. The molecular formula is C15H19Cl2NOS. The van der Waals surface area contributed by atoms with Crippen molar-refractivity contribution in [2.24, 2.45) is 5.92 Å². The van der Waals surface area contributed by atoms with Gasteiger partial charge in [-0.25, -0.2) is 0 Å². The summed E-state index contributed by atoms with van der Waals surface area (Å²) in [6.45, 7) is 4.03. The van der Waals surface area contributed by atoms with Gasteiger partial charge in [0.25, 0.3) is 0 Å². The van der Waals surface area contributed by atoms with Gasteiger partial charge in [0, 0.05) is 18.8 Å². The zero-order chi connectivity index (χ0) is 14.5. The Balaban J connectivity index is 1.77. The first-order valence-corrected chi connectivity index (χ1v) is 8.77. The lowest BCUT2D eigenvalue weighted by molar-refractivity contribution is -0.130. The van der Waals surface area contributed by atoms with Crippen LogP contribution in [-0.4, -0.2) is 29.6 Å². The lowest BCUT2D eigenvalue weighted by Crippen LogP contribution is -2.40. The van der Waals surface area contributed by atoms with Gasteiger partial charge < -0.3 is 4.90 Å². The normalized spacial score (nSPS) is 19.1. The van der Waals surface area contributed by atoms with Crippen LogP contribution in [0.3, 0.4) is 0 Å². The summed E-state index contributed by atoms with van der Waals surface area (Å²) in [4.78, 5) is 14.1. The standard InChI is InChI=1S/C15H19Cl2NOS/c1-11-3-2-6-18(8-11)15(19)10-20-9-12-4-5-13(16)14(17)7-12/h4-5,7,11H,2-3,6,8-10H2,1H3/t11-/m0/s1. The van der Waals surface area contributed by atoms with Crippen LogP contribution >= 0.6 is 35.0 Å². The van der Waals surface area contributed by atoms with Crippen LogP contribution in [0.15, 0.2) is 18.2 Å². The van der Waals surface area contributed by atoms with Crippen LogP contribution in [0.25, 0.3) is 0 Å². The van der Waals surface area contributed by atoms with E-state index in [0.29, 0.717) is 21.7 Å². The quantitative estimate of drug-likeness (QED) is 0.810. The molecule has 1 aliphatic rings. The molecule has 2 rings (SSSR count). The number of carbonyl (C=O) groups excluding carboxylic acids is 1. The fourth-order valence-corrected chi connectivity index (χ4v) is 3.59. The molecule has 0 spiro atoms. The number of hydrogen-bond donors (Lipinski definition) is 0. The molecule has 1 aliphatic heterocycles.